The SMILES string of the molecule is COc1ccc(/C(O)=C2/C(=O)C(=O)N(Cc3ccco3)C2c2ccc([N+](=O)[O-])cc2)cc1F. The number of aliphatic hydroxyl groups excluding tert-OH is 1. The second-order valence-corrected chi connectivity index (χ2v) is 7.20. The Balaban J connectivity index is 1.86. The predicted octanol–water partition coefficient (Wildman–Crippen LogP) is 3.96. The van der Waals surface area contributed by atoms with Gasteiger partial charge in [0.2, 0.25) is 0 Å². The van der Waals surface area contributed by atoms with Gasteiger partial charge in [0.25, 0.3) is 17.4 Å². The number of nitrogens with zero attached hydrogens (tertiary/aromatic N) is 2. The highest BCUT2D eigenvalue weighted by molar-refractivity contribution is 6.46. The second-order valence-electron chi connectivity index (χ2n) is 7.20. The summed E-state index contributed by atoms with van der Waals surface area (Å²) in [6, 6.07) is 11.0. The lowest BCUT2D eigenvalue weighted by Crippen LogP contribution is -2.29. The number of ketones is 1. The summed E-state index contributed by atoms with van der Waals surface area (Å²) in [7, 11) is 1.28. The van der Waals surface area contributed by atoms with Crippen LogP contribution in [0, 0.1) is 15.9 Å². The Morgan fingerprint density at radius 1 is 1.21 bits per heavy atom. The molecule has 2 aromatic carbocycles. The Morgan fingerprint density at radius 2 is 1.94 bits per heavy atom. The van der Waals surface area contributed by atoms with E-state index in [1.165, 1.54) is 54.7 Å². The Kier molecular flexibility index (Phi) is 5.65. The van der Waals surface area contributed by atoms with Crippen molar-refractivity contribution in [2.24, 2.45) is 0 Å². The van der Waals surface area contributed by atoms with Crippen molar-refractivity contribution in [3.63, 3.8) is 0 Å². The molecular weight excluding hydrogens is 435 g/mol. The summed E-state index contributed by atoms with van der Waals surface area (Å²) in [5.74, 6) is -2.89. The van der Waals surface area contributed by atoms with Gasteiger partial charge in [0.05, 0.1) is 36.5 Å². The van der Waals surface area contributed by atoms with Gasteiger partial charge in [-0.1, -0.05) is 0 Å². The van der Waals surface area contributed by atoms with Gasteiger partial charge in [-0.25, -0.2) is 4.39 Å². The Labute approximate surface area is 186 Å². The molecule has 0 bridgehead atoms. The molecule has 1 aromatic heterocycles. The maximum Gasteiger partial charge on any atom is 0.296 e. The Morgan fingerprint density at radius 3 is 2.52 bits per heavy atom. The Hall–Kier alpha value is -4.47. The van der Waals surface area contributed by atoms with Crippen LogP contribution in [0.25, 0.3) is 5.76 Å². The molecule has 1 saturated heterocycles. The van der Waals surface area contributed by atoms with Crippen LogP contribution in [0.1, 0.15) is 22.9 Å². The summed E-state index contributed by atoms with van der Waals surface area (Å²) in [5, 5.41) is 22.0. The number of benzene rings is 2. The molecule has 33 heavy (non-hydrogen) atoms. The maximum atomic E-state index is 14.2. The first-order valence-corrected chi connectivity index (χ1v) is 9.71. The summed E-state index contributed by atoms with van der Waals surface area (Å²) in [6.07, 6.45) is 1.41. The largest absolute Gasteiger partial charge is 0.507 e. The van der Waals surface area contributed by atoms with Crippen molar-refractivity contribution in [3.05, 3.63) is 99.3 Å². The topological polar surface area (TPSA) is 123 Å². The van der Waals surface area contributed by atoms with E-state index in [-0.39, 0.29) is 29.1 Å². The van der Waals surface area contributed by atoms with E-state index in [1.54, 1.807) is 12.1 Å². The van der Waals surface area contributed by atoms with Crippen LogP contribution in [0.5, 0.6) is 5.75 Å². The van der Waals surface area contributed by atoms with Gasteiger partial charge in [0, 0.05) is 17.7 Å². The van der Waals surface area contributed by atoms with Crippen LogP contribution >= 0.6 is 0 Å². The summed E-state index contributed by atoms with van der Waals surface area (Å²) >= 11 is 0. The lowest BCUT2D eigenvalue weighted by molar-refractivity contribution is -0.384. The molecule has 3 aromatic rings. The van der Waals surface area contributed by atoms with E-state index >= 15 is 0 Å². The molecule has 0 spiro atoms. The van der Waals surface area contributed by atoms with Gasteiger partial charge in [-0.15, -0.1) is 0 Å². The molecule has 0 aliphatic carbocycles. The number of non-ortho nitro benzene ring substituents is 1. The molecule has 10 heteroatoms. The maximum absolute atomic E-state index is 14.2. The van der Waals surface area contributed by atoms with Crippen molar-refractivity contribution in [1.82, 2.24) is 4.90 Å². The zero-order valence-electron chi connectivity index (χ0n) is 17.2. The van der Waals surface area contributed by atoms with Gasteiger partial charge >= 0.3 is 0 Å². The van der Waals surface area contributed by atoms with Crippen LogP contribution < -0.4 is 4.74 Å². The van der Waals surface area contributed by atoms with Crippen LogP contribution in [-0.2, 0) is 16.1 Å². The third-order valence-corrected chi connectivity index (χ3v) is 5.29. The highest BCUT2D eigenvalue weighted by Gasteiger charge is 2.46. The van der Waals surface area contributed by atoms with Gasteiger partial charge in [0.15, 0.2) is 11.6 Å². The number of hydrogen-bond acceptors (Lipinski definition) is 7. The van der Waals surface area contributed by atoms with E-state index in [9.17, 15) is 29.2 Å². The summed E-state index contributed by atoms with van der Waals surface area (Å²) in [5.41, 5.74) is -0.137. The number of furan rings is 1. The molecule has 0 saturated carbocycles. The number of ether oxygens (including phenoxy) is 1. The van der Waals surface area contributed by atoms with Crippen LogP contribution in [0.2, 0.25) is 0 Å². The van der Waals surface area contributed by atoms with Crippen LogP contribution in [0.3, 0.4) is 0 Å². The fourth-order valence-electron chi connectivity index (χ4n) is 3.71. The summed E-state index contributed by atoms with van der Waals surface area (Å²) in [4.78, 5) is 37.5. The first-order valence-electron chi connectivity index (χ1n) is 9.71. The van der Waals surface area contributed by atoms with E-state index in [0.29, 0.717) is 11.3 Å². The molecule has 2 heterocycles. The summed E-state index contributed by atoms with van der Waals surface area (Å²) < 4.78 is 24.4. The minimum absolute atomic E-state index is 0.0313. The third-order valence-electron chi connectivity index (χ3n) is 5.29. The minimum Gasteiger partial charge on any atom is -0.507 e. The average molecular weight is 452 g/mol. The number of hydrogen-bond donors (Lipinski definition) is 1. The number of Topliss-reactive ketones (excluding diaryl/α,β-unsaturated/α-hetero) is 1. The quantitative estimate of drug-likeness (QED) is 0.197. The van der Waals surface area contributed by atoms with Crippen molar-refractivity contribution in [3.8, 4) is 5.75 Å². The zero-order chi connectivity index (χ0) is 23.7. The molecule has 1 aliphatic rings. The number of carbonyl (C=O) groups excluding carboxylic acids is 2. The monoisotopic (exact) mass is 452 g/mol. The number of likely N-dealkylation sites (tertiary alicyclic amines) is 1. The molecule has 9 nitrogen and oxygen atoms in total. The van der Waals surface area contributed by atoms with Crippen LogP contribution in [0.15, 0.2) is 70.9 Å². The number of nitro benzene ring substituents is 1. The fraction of sp³-hybridized carbons (Fsp3) is 0.130. The molecule has 0 radical (unpaired) electrons. The van der Waals surface area contributed by atoms with Crippen molar-refractivity contribution in [2.45, 2.75) is 12.6 Å². The first kappa shape index (κ1) is 21.8. The van der Waals surface area contributed by atoms with Gasteiger partial charge in [-0.2, -0.15) is 0 Å². The standard InChI is InChI=1S/C23H17FN2O7/c1-32-18-9-6-14(11-17(18)24)21(27)19-20(13-4-7-15(8-5-13)26(30)31)25(23(29)22(19)28)12-16-3-2-10-33-16/h2-11,20,27H,12H2,1H3/b21-19-. The molecule has 1 fully saturated rings. The number of methoxy groups -OCH3 is 1. The van der Waals surface area contributed by atoms with Crippen molar-refractivity contribution in [2.75, 3.05) is 7.11 Å². The van der Waals surface area contributed by atoms with Crippen molar-refractivity contribution < 1.29 is 33.2 Å². The molecular formula is C23H17FN2O7. The van der Waals surface area contributed by atoms with E-state index < -0.39 is 34.2 Å². The number of rotatable bonds is 6. The number of nitro groups is 1. The van der Waals surface area contributed by atoms with E-state index in [1.807, 2.05) is 0 Å². The normalized spacial score (nSPS) is 17.4. The van der Waals surface area contributed by atoms with E-state index in [4.69, 9.17) is 9.15 Å². The predicted molar refractivity (Wildman–Crippen MR) is 113 cm³/mol. The van der Waals surface area contributed by atoms with Gasteiger partial charge in [-0.05, 0) is 48.0 Å². The first-order chi connectivity index (χ1) is 15.8. The molecule has 1 aliphatic heterocycles. The molecule has 168 valence electrons. The number of aliphatic hydroxyl groups is 1. The molecule has 1 atom stereocenters. The van der Waals surface area contributed by atoms with Crippen molar-refractivity contribution >= 4 is 23.1 Å². The lowest BCUT2D eigenvalue weighted by atomic mass is 9.95. The van der Waals surface area contributed by atoms with E-state index in [2.05, 4.69) is 0 Å². The van der Waals surface area contributed by atoms with Gasteiger partial charge < -0.3 is 19.2 Å². The van der Waals surface area contributed by atoms with Crippen LogP contribution in [0.4, 0.5) is 10.1 Å². The third kappa shape index (κ3) is 3.93. The summed E-state index contributed by atoms with van der Waals surface area (Å²) in [6.45, 7) is -0.0903. The molecule has 1 amide bonds. The van der Waals surface area contributed by atoms with Gasteiger partial charge in [-0.3, -0.25) is 19.7 Å². The number of halogens is 1. The molecule has 1 N–H and O–H groups in total. The molecule has 4 rings (SSSR count). The van der Waals surface area contributed by atoms with Gasteiger partial charge in [0.1, 0.15) is 11.5 Å². The molecule has 1 unspecified atom stereocenters. The fourth-order valence-corrected chi connectivity index (χ4v) is 3.71. The highest BCUT2D eigenvalue weighted by Crippen LogP contribution is 2.41. The van der Waals surface area contributed by atoms with Crippen molar-refractivity contribution in [1.29, 1.82) is 0 Å². The van der Waals surface area contributed by atoms with E-state index in [0.717, 1.165) is 6.07 Å². The number of carbonyl (C=O) groups is 2. The zero-order valence-corrected chi connectivity index (χ0v) is 17.2. The lowest BCUT2D eigenvalue weighted by Gasteiger charge is -2.24. The number of amides is 1. The van der Waals surface area contributed by atoms with Crippen LogP contribution in [-0.4, -0.2) is 33.7 Å². The highest BCUT2D eigenvalue weighted by atomic mass is 19.1. The minimum atomic E-state index is -1.08. The average Bonchev–Trinajstić information content (AvgIpc) is 3.41. The Bertz CT molecular complexity index is 1270. The second kappa shape index (κ2) is 8.58. The smallest absolute Gasteiger partial charge is 0.296 e.